The van der Waals surface area contributed by atoms with Crippen LogP contribution in [0.4, 0.5) is 0 Å². The highest BCUT2D eigenvalue weighted by atomic mass is 16.3. The quantitative estimate of drug-likeness (QED) is 0.696. The van der Waals surface area contributed by atoms with Crippen molar-refractivity contribution in [3.05, 3.63) is 65.2 Å². The number of hydrogen-bond donors (Lipinski definition) is 1. The Morgan fingerprint density at radius 1 is 0.955 bits per heavy atom. The molecule has 1 heterocycles. The van der Waals surface area contributed by atoms with Crippen molar-refractivity contribution in [1.29, 1.82) is 0 Å². The molecule has 2 aromatic rings. The van der Waals surface area contributed by atoms with E-state index in [1.165, 1.54) is 31.2 Å². The first kappa shape index (κ1) is 14.0. The molecule has 0 bridgehead atoms. The molecule has 0 unspecified atom stereocenters. The molecule has 0 aliphatic carbocycles. The van der Waals surface area contributed by atoms with Crippen LogP contribution in [0.2, 0.25) is 0 Å². The normalized spacial score (nSPS) is 14.9. The lowest BCUT2D eigenvalue weighted by Crippen LogP contribution is -2.42. The molecule has 2 amide bonds. The zero-order valence-corrected chi connectivity index (χ0v) is 11.8. The number of aromatic hydroxyl groups is 1. The second kappa shape index (κ2) is 5.11. The molecule has 22 heavy (non-hydrogen) atoms. The number of phenolic OH excluding ortho intramolecular Hbond substituents is 1. The summed E-state index contributed by atoms with van der Waals surface area (Å²) < 4.78 is 0. The molecule has 110 valence electrons. The molecule has 5 nitrogen and oxygen atoms in total. The van der Waals surface area contributed by atoms with Crippen LogP contribution in [0.25, 0.3) is 0 Å². The first-order valence-electron chi connectivity index (χ1n) is 6.81. The van der Waals surface area contributed by atoms with Crippen LogP contribution in [0.1, 0.15) is 38.0 Å². The van der Waals surface area contributed by atoms with Crippen LogP contribution in [-0.4, -0.2) is 33.6 Å². The van der Waals surface area contributed by atoms with Gasteiger partial charge in [0.15, 0.2) is 5.78 Å². The van der Waals surface area contributed by atoms with Gasteiger partial charge in [0.05, 0.1) is 11.1 Å². The predicted molar refractivity (Wildman–Crippen MR) is 78.8 cm³/mol. The van der Waals surface area contributed by atoms with Gasteiger partial charge in [-0.15, -0.1) is 0 Å². The number of ketones is 1. The Morgan fingerprint density at radius 3 is 1.95 bits per heavy atom. The average Bonchev–Trinajstić information content (AvgIpc) is 2.79. The lowest BCUT2D eigenvalue weighted by molar-refractivity contribution is 0.0555. The Bertz CT molecular complexity index is 745. The number of nitrogens with zero attached hydrogens (tertiary/aromatic N) is 1. The summed E-state index contributed by atoms with van der Waals surface area (Å²) in [5, 5.41) is 9.26. The Balaban J connectivity index is 1.92. The number of carbonyl (C=O) groups excluding carboxylic acids is 3. The van der Waals surface area contributed by atoms with Crippen molar-refractivity contribution in [2.75, 3.05) is 0 Å². The van der Waals surface area contributed by atoms with Gasteiger partial charge in [-0.25, -0.2) is 0 Å². The molecule has 1 atom stereocenters. The fraction of sp³-hybridized carbons (Fsp3) is 0.118. The van der Waals surface area contributed by atoms with Crippen LogP contribution in [0, 0.1) is 0 Å². The lowest BCUT2D eigenvalue weighted by Gasteiger charge is -2.21. The number of fused-ring (bicyclic) bond motifs is 1. The minimum atomic E-state index is -0.906. The summed E-state index contributed by atoms with van der Waals surface area (Å²) in [7, 11) is 0. The first-order chi connectivity index (χ1) is 10.5. The minimum absolute atomic E-state index is 0.0462. The molecule has 2 aromatic carbocycles. The van der Waals surface area contributed by atoms with Crippen LogP contribution in [0.15, 0.2) is 48.5 Å². The van der Waals surface area contributed by atoms with Gasteiger partial charge in [-0.3, -0.25) is 19.3 Å². The number of imide groups is 1. The first-order valence-corrected chi connectivity index (χ1v) is 6.81. The summed E-state index contributed by atoms with van der Waals surface area (Å²) >= 11 is 0. The van der Waals surface area contributed by atoms with Gasteiger partial charge in [0, 0.05) is 5.56 Å². The van der Waals surface area contributed by atoms with Gasteiger partial charge in [-0.05, 0) is 43.3 Å². The van der Waals surface area contributed by atoms with E-state index in [1.807, 2.05) is 0 Å². The number of amides is 2. The third-order valence-electron chi connectivity index (χ3n) is 3.74. The van der Waals surface area contributed by atoms with E-state index in [9.17, 15) is 19.5 Å². The number of benzene rings is 2. The van der Waals surface area contributed by atoms with E-state index in [2.05, 4.69) is 0 Å². The van der Waals surface area contributed by atoms with Crippen molar-refractivity contribution < 1.29 is 19.5 Å². The van der Waals surface area contributed by atoms with Gasteiger partial charge in [0.1, 0.15) is 11.8 Å². The summed E-state index contributed by atoms with van der Waals surface area (Å²) in [5.74, 6) is -1.22. The van der Waals surface area contributed by atoms with Crippen LogP contribution in [0.5, 0.6) is 5.75 Å². The number of phenols is 1. The van der Waals surface area contributed by atoms with Gasteiger partial charge in [-0.1, -0.05) is 12.1 Å². The van der Waals surface area contributed by atoms with Crippen molar-refractivity contribution in [2.24, 2.45) is 0 Å². The molecule has 0 radical (unpaired) electrons. The molecule has 5 heteroatoms. The van der Waals surface area contributed by atoms with Crippen molar-refractivity contribution in [3.8, 4) is 5.75 Å². The van der Waals surface area contributed by atoms with Crippen LogP contribution < -0.4 is 0 Å². The van der Waals surface area contributed by atoms with Crippen molar-refractivity contribution in [3.63, 3.8) is 0 Å². The largest absolute Gasteiger partial charge is 0.508 e. The van der Waals surface area contributed by atoms with Crippen molar-refractivity contribution in [2.45, 2.75) is 13.0 Å². The van der Waals surface area contributed by atoms with E-state index in [4.69, 9.17) is 0 Å². The van der Waals surface area contributed by atoms with Crippen LogP contribution in [0.3, 0.4) is 0 Å². The molecule has 0 fully saturated rings. The molecule has 3 rings (SSSR count). The number of hydrogen-bond acceptors (Lipinski definition) is 4. The van der Waals surface area contributed by atoms with Gasteiger partial charge in [0.25, 0.3) is 11.8 Å². The number of carbonyl (C=O) groups is 3. The van der Waals surface area contributed by atoms with Gasteiger partial charge in [0.2, 0.25) is 0 Å². The maximum absolute atomic E-state index is 12.5. The van der Waals surface area contributed by atoms with Gasteiger partial charge >= 0.3 is 0 Å². The van der Waals surface area contributed by atoms with Crippen LogP contribution >= 0.6 is 0 Å². The highest BCUT2D eigenvalue weighted by Crippen LogP contribution is 2.25. The van der Waals surface area contributed by atoms with Gasteiger partial charge < -0.3 is 5.11 Å². The second-order valence-electron chi connectivity index (χ2n) is 5.11. The maximum Gasteiger partial charge on any atom is 0.262 e. The summed E-state index contributed by atoms with van der Waals surface area (Å²) in [6.45, 7) is 1.52. The monoisotopic (exact) mass is 295 g/mol. The minimum Gasteiger partial charge on any atom is -0.508 e. The zero-order chi connectivity index (χ0) is 15.9. The van der Waals surface area contributed by atoms with Gasteiger partial charge in [-0.2, -0.15) is 0 Å². The molecule has 1 aliphatic rings. The van der Waals surface area contributed by atoms with E-state index >= 15 is 0 Å². The Hall–Kier alpha value is -2.95. The van der Waals surface area contributed by atoms with E-state index in [1.54, 1.807) is 24.3 Å². The SMILES string of the molecule is C[C@@H](C(=O)c1ccc(O)cc1)N1C(=O)c2ccccc2C1=O. The summed E-state index contributed by atoms with van der Waals surface area (Å²) in [6.07, 6.45) is 0. The summed E-state index contributed by atoms with van der Waals surface area (Å²) in [5.41, 5.74) is 0.970. The average molecular weight is 295 g/mol. The third kappa shape index (κ3) is 2.07. The van der Waals surface area contributed by atoms with Crippen LogP contribution in [-0.2, 0) is 0 Å². The number of Topliss-reactive ketones (excluding diaryl/α,β-unsaturated/α-hetero) is 1. The maximum atomic E-state index is 12.5. The molecule has 0 saturated carbocycles. The third-order valence-corrected chi connectivity index (χ3v) is 3.74. The zero-order valence-electron chi connectivity index (χ0n) is 11.8. The Labute approximate surface area is 126 Å². The molecule has 0 saturated heterocycles. The molecule has 1 N–H and O–H groups in total. The Morgan fingerprint density at radius 2 is 1.45 bits per heavy atom. The molecular formula is C17H13NO4. The van der Waals surface area contributed by atoms with Crippen molar-refractivity contribution in [1.82, 2.24) is 4.90 Å². The molecule has 1 aliphatic heterocycles. The van der Waals surface area contributed by atoms with E-state index < -0.39 is 17.9 Å². The topological polar surface area (TPSA) is 74.7 Å². The second-order valence-corrected chi connectivity index (χ2v) is 5.11. The highest BCUT2D eigenvalue weighted by Gasteiger charge is 2.40. The van der Waals surface area contributed by atoms with Crippen molar-refractivity contribution >= 4 is 17.6 Å². The van der Waals surface area contributed by atoms with E-state index in [-0.39, 0.29) is 11.5 Å². The standard InChI is InChI=1S/C17H13NO4/c1-10(15(20)11-6-8-12(19)9-7-11)18-16(21)13-4-2-3-5-14(13)17(18)22/h2-10,19H,1H3/t10-/m0/s1. The molecular weight excluding hydrogens is 282 g/mol. The summed E-state index contributed by atoms with van der Waals surface area (Å²) in [4.78, 5) is 38.1. The summed E-state index contributed by atoms with van der Waals surface area (Å²) in [6, 6.07) is 11.3. The highest BCUT2D eigenvalue weighted by molar-refractivity contribution is 6.23. The molecule has 0 spiro atoms. The number of rotatable bonds is 3. The van der Waals surface area contributed by atoms with E-state index in [0.29, 0.717) is 16.7 Å². The fourth-order valence-electron chi connectivity index (χ4n) is 2.54. The molecule has 0 aromatic heterocycles. The fourth-order valence-corrected chi connectivity index (χ4v) is 2.54. The lowest BCUT2D eigenvalue weighted by atomic mass is 10.0. The smallest absolute Gasteiger partial charge is 0.262 e. The van der Waals surface area contributed by atoms with E-state index in [0.717, 1.165) is 4.90 Å². The Kier molecular flexibility index (Phi) is 3.25. The predicted octanol–water partition coefficient (Wildman–Crippen LogP) is 2.26.